The highest BCUT2D eigenvalue weighted by Crippen LogP contribution is 2.21. The second-order valence-electron chi connectivity index (χ2n) is 4.02. The number of halogens is 1. The van der Waals surface area contributed by atoms with Gasteiger partial charge in [0.05, 0.1) is 0 Å². The lowest BCUT2D eigenvalue weighted by Crippen LogP contribution is -2.05. The lowest BCUT2D eigenvalue weighted by molar-refractivity contribution is 0.103. The van der Waals surface area contributed by atoms with Gasteiger partial charge in [0.1, 0.15) is 0 Å². The van der Waals surface area contributed by atoms with Gasteiger partial charge >= 0.3 is 0 Å². The zero-order valence-corrected chi connectivity index (χ0v) is 11.9. The van der Waals surface area contributed by atoms with E-state index in [1.807, 2.05) is 32.1 Å². The van der Waals surface area contributed by atoms with Gasteiger partial charge in [-0.1, -0.05) is 48.9 Å². The summed E-state index contributed by atoms with van der Waals surface area (Å²) < 4.78 is 0. The molecule has 19 heavy (non-hydrogen) atoms. The van der Waals surface area contributed by atoms with Gasteiger partial charge < -0.3 is 5.73 Å². The zero-order chi connectivity index (χ0) is 14.3. The van der Waals surface area contributed by atoms with E-state index in [4.69, 9.17) is 17.3 Å². The summed E-state index contributed by atoms with van der Waals surface area (Å²) in [4.78, 5) is 12.4. The lowest BCUT2D eigenvalue weighted by Gasteiger charge is -2.06. The quantitative estimate of drug-likeness (QED) is 0.370. The predicted molar refractivity (Wildman–Crippen MR) is 82.5 cm³/mol. The van der Waals surface area contributed by atoms with E-state index in [2.05, 4.69) is 0 Å². The number of allylic oxidation sites excluding steroid dienone is 6. The Morgan fingerprint density at radius 1 is 1.42 bits per heavy atom. The maximum absolute atomic E-state index is 12.4. The minimum Gasteiger partial charge on any atom is -0.398 e. The van der Waals surface area contributed by atoms with Gasteiger partial charge in [-0.05, 0) is 31.5 Å². The van der Waals surface area contributed by atoms with Gasteiger partial charge in [0.15, 0.2) is 5.78 Å². The smallest absolute Gasteiger partial charge is 0.195 e. The van der Waals surface area contributed by atoms with E-state index >= 15 is 0 Å². The number of benzene rings is 1. The molecule has 0 aromatic heterocycles. The van der Waals surface area contributed by atoms with Crippen molar-refractivity contribution >= 4 is 23.1 Å². The third kappa shape index (κ3) is 4.42. The molecule has 2 N–H and O–H groups in total. The molecular weight excluding hydrogens is 258 g/mol. The number of carbonyl (C=O) groups excluding carboxylic acids is 1. The average molecular weight is 276 g/mol. The molecule has 1 rings (SSSR count). The van der Waals surface area contributed by atoms with E-state index in [1.54, 1.807) is 30.4 Å². The molecule has 0 amide bonds. The van der Waals surface area contributed by atoms with E-state index in [0.29, 0.717) is 21.8 Å². The SMILES string of the molecule is C\C=C/C(=C\C=C\CC)C(=O)c1cc(Cl)ccc1N. The van der Waals surface area contributed by atoms with Crippen LogP contribution in [0.15, 0.2) is 54.2 Å². The van der Waals surface area contributed by atoms with Crippen molar-refractivity contribution in [3.8, 4) is 0 Å². The van der Waals surface area contributed by atoms with Crippen LogP contribution < -0.4 is 5.73 Å². The van der Waals surface area contributed by atoms with Gasteiger partial charge in [-0.2, -0.15) is 0 Å². The summed E-state index contributed by atoms with van der Waals surface area (Å²) in [6.07, 6.45) is 10.2. The molecular formula is C16H18ClNO. The average Bonchev–Trinajstić information content (AvgIpc) is 2.40. The van der Waals surface area contributed by atoms with Crippen LogP contribution in [0, 0.1) is 0 Å². The monoisotopic (exact) mass is 275 g/mol. The number of hydrogen-bond acceptors (Lipinski definition) is 2. The number of Topliss-reactive ketones (excluding diaryl/α,β-unsaturated/α-hetero) is 1. The largest absolute Gasteiger partial charge is 0.398 e. The van der Waals surface area contributed by atoms with Gasteiger partial charge in [-0.3, -0.25) is 4.79 Å². The normalized spacial score (nSPS) is 12.5. The molecule has 0 aliphatic heterocycles. The summed E-state index contributed by atoms with van der Waals surface area (Å²) in [5, 5.41) is 0.501. The van der Waals surface area contributed by atoms with Crippen molar-refractivity contribution in [2.45, 2.75) is 20.3 Å². The van der Waals surface area contributed by atoms with Gasteiger partial charge in [-0.25, -0.2) is 0 Å². The summed E-state index contributed by atoms with van der Waals surface area (Å²) in [6, 6.07) is 4.91. The first-order valence-corrected chi connectivity index (χ1v) is 6.57. The maximum atomic E-state index is 12.4. The molecule has 3 heteroatoms. The third-order valence-electron chi connectivity index (χ3n) is 2.52. The van der Waals surface area contributed by atoms with Crippen LogP contribution in [0.1, 0.15) is 30.6 Å². The molecule has 100 valence electrons. The zero-order valence-electron chi connectivity index (χ0n) is 11.2. The number of nitrogen functional groups attached to an aromatic ring is 1. The predicted octanol–water partition coefficient (Wildman–Crippen LogP) is 4.57. The summed E-state index contributed by atoms with van der Waals surface area (Å²) in [5.74, 6) is -0.126. The molecule has 1 aromatic rings. The van der Waals surface area contributed by atoms with Crippen molar-refractivity contribution in [1.82, 2.24) is 0 Å². The lowest BCUT2D eigenvalue weighted by atomic mass is 10.0. The van der Waals surface area contributed by atoms with Crippen molar-refractivity contribution in [2.75, 3.05) is 5.73 Å². The van der Waals surface area contributed by atoms with Crippen molar-refractivity contribution in [1.29, 1.82) is 0 Å². The molecule has 0 heterocycles. The van der Waals surface area contributed by atoms with Crippen LogP contribution in [0.5, 0.6) is 0 Å². The van der Waals surface area contributed by atoms with Crippen molar-refractivity contribution < 1.29 is 4.79 Å². The summed E-state index contributed by atoms with van der Waals surface area (Å²) in [7, 11) is 0. The summed E-state index contributed by atoms with van der Waals surface area (Å²) in [6.45, 7) is 3.91. The Labute approximate surface area is 119 Å². The van der Waals surface area contributed by atoms with Crippen LogP contribution in [0.3, 0.4) is 0 Å². The van der Waals surface area contributed by atoms with Crippen LogP contribution in [0.2, 0.25) is 5.02 Å². The maximum Gasteiger partial charge on any atom is 0.195 e. The van der Waals surface area contributed by atoms with Crippen LogP contribution in [-0.2, 0) is 0 Å². The molecule has 0 radical (unpaired) electrons. The van der Waals surface area contributed by atoms with E-state index in [-0.39, 0.29) is 5.78 Å². The third-order valence-corrected chi connectivity index (χ3v) is 2.75. The van der Waals surface area contributed by atoms with Gasteiger partial charge in [-0.15, -0.1) is 0 Å². The molecule has 0 spiro atoms. The van der Waals surface area contributed by atoms with Crippen molar-refractivity contribution in [2.24, 2.45) is 0 Å². The topological polar surface area (TPSA) is 43.1 Å². The summed E-state index contributed by atoms with van der Waals surface area (Å²) >= 11 is 5.91. The Kier molecular flexibility index (Phi) is 6.10. The molecule has 2 nitrogen and oxygen atoms in total. The number of nitrogens with two attached hydrogens (primary N) is 1. The Hall–Kier alpha value is -1.80. The number of hydrogen-bond donors (Lipinski definition) is 1. The van der Waals surface area contributed by atoms with Crippen LogP contribution in [0.25, 0.3) is 0 Å². The Morgan fingerprint density at radius 2 is 2.16 bits per heavy atom. The highest BCUT2D eigenvalue weighted by molar-refractivity contribution is 6.31. The van der Waals surface area contributed by atoms with Crippen LogP contribution in [-0.4, -0.2) is 5.78 Å². The molecule has 0 fully saturated rings. The highest BCUT2D eigenvalue weighted by atomic mass is 35.5. The minimum atomic E-state index is -0.126. The fourth-order valence-electron chi connectivity index (χ4n) is 1.57. The van der Waals surface area contributed by atoms with Gasteiger partial charge in [0.25, 0.3) is 0 Å². The Bertz CT molecular complexity index is 542. The van der Waals surface area contributed by atoms with E-state index in [1.165, 1.54) is 0 Å². The molecule has 1 aromatic carbocycles. The molecule has 0 saturated carbocycles. The molecule has 0 bridgehead atoms. The van der Waals surface area contributed by atoms with Gasteiger partial charge in [0.2, 0.25) is 0 Å². The number of ketones is 1. The number of anilines is 1. The standard InChI is InChI=1S/C16H18ClNO/c1-3-5-6-8-12(7-4-2)16(19)14-11-13(17)9-10-15(14)18/h4-11H,3,18H2,1-2H3/b6-5+,7-4-,12-8+. The van der Waals surface area contributed by atoms with E-state index in [0.717, 1.165) is 6.42 Å². The Balaban J connectivity index is 3.16. The number of rotatable bonds is 5. The van der Waals surface area contributed by atoms with Crippen molar-refractivity contribution in [3.63, 3.8) is 0 Å². The minimum absolute atomic E-state index is 0.126. The highest BCUT2D eigenvalue weighted by Gasteiger charge is 2.13. The molecule has 0 atom stereocenters. The van der Waals surface area contributed by atoms with Crippen LogP contribution in [0.4, 0.5) is 5.69 Å². The fourth-order valence-corrected chi connectivity index (χ4v) is 1.75. The number of carbonyl (C=O) groups is 1. The second kappa shape index (κ2) is 7.59. The Morgan fingerprint density at radius 3 is 2.79 bits per heavy atom. The first-order chi connectivity index (χ1) is 9.10. The van der Waals surface area contributed by atoms with E-state index < -0.39 is 0 Å². The molecule has 0 aliphatic carbocycles. The first kappa shape index (κ1) is 15.3. The first-order valence-electron chi connectivity index (χ1n) is 6.19. The summed E-state index contributed by atoms with van der Waals surface area (Å²) in [5.41, 5.74) is 7.28. The van der Waals surface area contributed by atoms with Crippen molar-refractivity contribution in [3.05, 3.63) is 64.7 Å². The van der Waals surface area contributed by atoms with Crippen LogP contribution >= 0.6 is 11.6 Å². The molecule has 0 saturated heterocycles. The fraction of sp³-hybridized carbons (Fsp3) is 0.188. The molecule has 0 aliphatic rings. The van der Waals surface area contributed by atoms with E-state index in [9.17, 15) is 4.79 Å². The second-order valence-corrected chi connectivity index (χ2v) is 4.46. The molecule has 0 unspecified atom stereocenters. The van der Waals surface area contributed by atoms with Gasteiger partial charge in [0, 0.05) is 21.8 Å².